The van der Waals surface area contributed by atoms with Gasteiger partial charge in [0.2, 0.25) is 0 Å². The number of benzene rings is 2. The first-order valence-corrected chi connectivity index (χ1v) is 7.03. The van der Waals surface area contributed by atoms with Crippen LogP contribution < -0.4 is 11.1 Å². The minimum Gasteiger partial charge on any atom is -0.370 e. The fourth-order valence-electron chi connectivity index (χ4n) is 2.18. The molecule has 20 heavy (non-hydrogen) atoms. The number of hydrogen-bond acceptors (Lipinski definition) is 1. The third kappa shape index (κ3) is 3.38. The molecule has 2 aromatic carbocycles. The Labute approximate surface area is 119 Å². The average Bonchev–Trinajstić information content (AvgIpc) is 3.26. The van der Waals surface area contributed by atoms with Crippen molar-refractivity contribution in [1.82, 2.24) is 0 Å². The van der Waals surface area contributed by atoms with Crippen molar-refractivity contribution in [2.45, 2.75) is 25.3 Å². The van der Waals surface area contributed by atoms with E-state index in [1.165, 1.54) is 11.1 Å². The van der Waals surface area contributed by atoms with Gasteiger partial charge in [0.1, 0.15) is 0 Å². The zero-order chi connectivity index (χ0) is 13.8. The summed E-state index contributed by atoms with van der Waals surface area (Å²) in [6.45, 7) is 0. The highest BCUT2D eigenvalue weighted by Crippen LogP contribution is 2.24. The van der Waals surface area contributed by atoms with Crippen LogP contribution in [0.1, 0.15) is 24.0 Å². The summed E-state index contributed by atoms with van der Waals surface area (Å²) in [4.78, 5) is 4.42. The van der Waals surface area contributed by atoms with Crippen molar-refractivity contribution in [3.63, 3.8) is 0 Å². The molecule has 1 aliphatic rings. The number of anilines is 1. The van der Waals surface area contributed by atoms with E-state index >= 15 is 0 Å². The van der Waals surface area contributed by atoms with Gasteiger partial charge < -0.3 is 11.1 Å². The van der Waals surface area contributed by atoms with E-state index in [2.05, 4.69) is 46.7 Å². The Morgan fingerprint density at radius 1 is 1.05 bits per heavy atom. The zero-order valence-corrected chi connectivity index (χ0v) is 11.4. The summed E-state index contributed by atoms with van der Waals surface area (Å²) >= 11 is 0. The van der Waals surface area contributed by atoms with Crippen molar-refractivity contribution >= 4 is 11.6 Å². The van der Waals surface area contributed by atoms with Gasteiger partial charge in [0.25, 0.3) is 0 Å². The molecule has 1 saturated carbocycles. The lowest BCUT2D eigenvalue weighted by Gasteiger charge is -2.11. The van der Waals surface area contributed by atoms with Crippen LogP contribution in [0.5, 0.6) is 0 Å². The van der Waals surface area contributed by atoms with Gasteiger partial charge in [-0.1, -0.05) is 48.5 Å². The number of hydrogen-bond donors (Lipinski definition) is 2. The summed E-state index contributed by atoms with van der Waals surface area (Å²) in [6.07, 6.45) is 3.21. The second-order valence-corrected chi connectivity index (χ2v) is 5.19. The maximum absolute atomic E-state index is 5.95. The van der Waals surface area contributed by atoms with E-state index in [1.54, 1.807) is 0 Å². The largest absolute Gasteiger partial charge is 0.370 e. The van der Waals surface area contributed by atoms with Crippen LogP contribution in [-0.4, -0.2) is 12.0 Å². The summed E-state index contributed by atoms with van der Waals surface area (Å²) in [7, 11) is 0. The summed E-state index contributed by atoms with van der Waals surface area (Å²) < 4.78 is 0. The summed E-state index contributed by atoms with van der Waals surface area (Å²) in [5.74, 6) is 0.521. The second kappa shape index (κ2) is 5.78. The maximum Gasteiger partial charge on any atom is 0.193 e. The molecule has 0 radical (unpaired) electrons. The molecule has 2 aromatic rings. The minimum absolute atomic E-state index is 0.434. The Bertz CT molecular complexity index is 601. The van der Waals surface area contributed by atoms with E-state index in [0.717, 1.165) is 24.9 Å². The molecular formula is C17H19N3. The Kier molecular flexibility index (Phi) is 3.68. The number of nitrogens with two attached hydrogens (primary N) is 1. The molecule has 0 spiro atoms. The van der Waals surface area contributed by atoms with Crippen LogP contribution in [0.4, 0.5) is 5.69 Å². The molecule has 3 heteroatoms. The van der Waals surface area contributed by atoms with Crippen LogP contribution in [0.25, 0.3) is 0 Å². The first kappa shape index (κ1) is 12.7. The first-order valence-electron chi connectivity index (χ1n) is 7.03. The van der Waals surface area contributed by atoms with Gasteiger partial charge in [-0.15, -0.1) is 0 Å². The molecule has 102 valence electrons. The van der Waals surface area contributed by atoms with Crippen LogP contribution in [0.2, 0.25) is 0 Å². The highest BCUT2D eigenvalue weighted by atomic mass is 15.1. The third-order valence-electron chi connectivity index (χ3n) is 3.39. The highest BCUT2D eigenvalue weighted by Gasteiger charge is 2.20. The van der Waals surface area contributed by atoms with Gasteiger partial charge in [-0.3, -0.25) is 0 Å². The lowest BCUT2D eigenvalue weighted by atomic mass is 10.0. The third-order valence-corrected chi connectivity index (χ3v) is 3.39. The van der Waals surface area contributed by atoms with E-state index in [4.69, 9.17) is 5.73 Å². The van der Waals surface area contributed by atoms with E-state index in [-0.39, 0.29) is 0 Å². The monoisotopic (exact) mass is 265 g/mol. The van der Waals surface area contributed by atoms with Crippen molar-refractivity contribution in [2.24, 2.45) is 10.7 Å². The normalized spacial score (nSPS) is 15.1. The molecule has 3 nitrogen and oxygen atoms in total. The van der Waals surface area contributed by atoms with Crippen LogP contribution >= 0.6 is 0 Å². The number of guanidine groups is 1. The molecule has 0 saturated heterocycles. The Balaban J connectivity index is 1.77. The van der Waals surface area contributed by atoms with Gasteiger partial charge in [0, 0.05) is 5.69 Å². The number of nitrogens with zero attached hydrogens (tertiary/aromatic N) is 1. The SMILES string of the molecule is NC(=NC1CC1)Nc1ccccc1Cc1ccccc1. The van der Waals surface area contributed by atoms with E-state index in [0.29, 0.717) is 12.0 Å². The lowest BCUT2D eigenvalue weighted by Crippen LogP contribution is -2.23. The van der Waals surface area contributed by atoms with Crippen molar-refractivity contribution in [3.8, 4) is 0 Å². The van der Waals surface area contributed by atoms with Gasteiger partial charge in [-0.2, -0.15) is 0 Å². The number of aliphatic imine (C=N–C) groups is 1. The van der Waals surface area contributed by atoms with Crippen molar-refractivity contribution in [1.29, 1.82) is 0 Å². The van der Waals surface area contributed by atoms with Crippen molar-refractivity contribution in [3.05, 3.63) is 65.7 Å². The number of nitrogens with one attached hydrogen (secondary N) is 1. The van der Waals surface area contributed by atoms with Crippen LogP contribution in [-0.2, 0) is 6.42 Å². The standard InChI is InChI=1S/C17H19N3/c18-17(19-15-10-11-15)20-16-9-5-4-8-14(16)12-13-6-2-1-3-7-13/h1-9,15H,10-12H2,(H3,18,19,20). The summed E-state index contributed by atoms with van der Waals surface area (Å²) in [5, 5.41) is 3.23. The predicted molar refractivity (Wildman–Crippen MR) is 84.0 cm³/mol. The molecule has 0 aromatic heterocycles. The first-order chi connectivity index (χ1) is 9.81. The molecular weight excluding hydrogens is 246 g/mol. The maximum atomic E-state index is 5.95. The van der Waals surface area contributed by atoms with Crippen LogP contribution in [0.15, 0.2) is 59.6 Å². The average molecular weight is 265 g/mol. The van der Waals surface area contributed by atoms with Gasteiger partial charge in [0.15, 0.2) is 5.96 Å². The van der Waals surface area contributed by atoms with Crippen molar-refractivity contribution in [2.75, 3.05) is 5.32 Å². The van der Waals surface area contributed by atoms with Gasteiger partial charge in [-0.05, 0) is 36.5 Å². The zero-order valence-electron chi connectivity index (χ0n) is 11.4. The fourth-order valence-corrected chi connectivity index (χ4v) is 2.18. The number of rotatable bonds is 4. The molecule has 0 amide bonds. The Morgan fingerprint density at radius 2 is 1.75 bits per heavy atom. The molecule has 0 atom stereocenters. The molecule has 3 rings (SSSR count). The van der Waals surface area contributed by atoms with E-state index in [9.17, 15) is 0 Å². The quantitative estimate of drug-likeness (QED) is 0.659. The van der Waals surface area contributed by atoms with E-state index in [1.807, 2.05) is 18.2 Å². The Morgan fingerprint density at radius 3 is 2.50 bits per heavy atom. The molecule has 1 fully saturated rings. The van der Waals surface area contributed by atoms with E-state index < -0.39 is 0 Å². The minimum atomic E-state index is 0.434. The smallest absolute Gasteiger partial charge is 0.193 e. The molecule has 0 aliphatic heterocycles. The number of para-hydroxylation sites is 1. The van der Waals surface area contributed by atoms with Gasteiger partial charge in [0.05, 0.1) is 6.04 Å². The molecule has 0 heterocycles. The summed E-state index contributed by atoms with van der Waals surface area (Å²) in [5.41, 5.74) is 9.51. The highest BCUT2D eigenvalue weighted by molar-refractivity contribution is 5.93. The molecule has 0 unspecified atom stereocenters. The van der Waals surface area contributed by atoms with Gasteiger partial charge >= 0.3 is 0 Å². The van der Waals surface area contributed by atoms with Gasteiger partial charge in [-0.25, -0.2) is 4.99 Å². The predicted octanol–water partition coefficient (Wildman–Crippen LogP) is 3.17. The van der Waals surface area contributed by atoms with Crippen molar-refractivity contribution < 1.29 is 0 Å². The topological polar surface area (TPSA) is 50.4 Å². The fraction of sp³-hybridized carbons (Fsp3) is 0.235. The van der Waals surface area contributed by atoms with Crippen LogP contribution in [0.3, 0.4) is 0 Å². The molecule has 1 aliphatic carbocycles. The Hall–Kier alpha value is -2.29. The summed E-state index contributed by atoms with van der Waals surface area (Å²) in [6, 6.07) is 19.1. The van der Waals surface area contributed by atoms with Crippen LogP contribution in [0, 0.1) is 0 Å². The second-order valence-electron chi connectivity index (χ2n) is 5.19. The molecule has 0 bridgehead atoms. The molecule has 3 N–H and O–H groups in total. The lowest BCUT2D eigenvalue weighted by molar-refractivity contribution is 1.06.